The third kappa shape index (κ3) is 3.14. The van der Waals surface area contributed by atoms with E-state index in [1.807, 2.05) is 37.3 Å². The second-order valence-electron chi connectivity index (χ2n) is 3.78. The van der Waals surface area contributed by atoms with Crippen molar-refractivity contribution in [3.05, 3.63) is 48.3 Å². The van der Waals surface area contributed by atoms with Crippen LogP contribution < -0.4 is 4.84 Å². The first-order valence-corrected chi connectivity index (χ1v) is 5.38. The summed E-state index contributed by atoms with van der Waals surface area (Å²) in [5.74, 6) is -0.209. The van der Waals surface area contributed by atoms with E-state index in [0.29, 0.717) is 6.42 Å². The molecule has 0 amide bonds. The highest BCUT2D eigenvalue weighted by Gasteiger charge is 2.13. The van der Waals surface area contributed by atoms with Gasteiger partial charge in [0.25, 0.3) is 0 Å². The van der Waals surface area contributed by atoms with Gasteiger partial charge in [-0.05, 0) is 16.7 Å². The summed E-state index contributed by atoms with van der Waals surface area (Å²) in [4.78, 5) is 17.6. The molecule has 1 unspecified atom stereocenters. The lowest BCUT2D eigenvalue weighted by Gasteiger charge is -2.10. The number of rotatable bonds is 4. The fraction of sp³-hybridized carbons (Fsp3) is 0.250. The predicted octanol–water partition coefficient (Wildman–Crippen LogP) is 1.43. The summed E-state index contributed by atoms with van der Waals surface area (Å²) in [5.41, 5.74) is 1.11. The highest BCUT2D eigenvalue weighted by atomic mass is 16.7. The average molecular weight is 231 g/mol. The van der Waals surface area contributed by atoms with Gasteiger partial charge < -0.3 is 4.84 Å². The van der Waals surface area contributed by atoms with Crippen molar-refractivity contribution in [2.45, 2.75) is 19.3 Å². The number of carbonyl (C=O) groups excluding carboxylic acids is 1. The van der Waals surface area contributed by atoms with Gasteiger partial charge in [0.1, 0.15) is 0 Å². The van der Waals surface area contributed by atoms with Crippen LogP contribution in [0.15, 0.2) is 42.7 Å². The largest absolute Gasteiger partial charge is 0.335 e. The Labute approximate surface area is 99.0 Å². The first kappa shape index (κ1) is 11.3. The van der Waals surface area contributed by atoms with Crippen LogP contribution in [-0.4, -0.2) is 21.1 Å². The van der Waals surface area contributed by atoms with E-state index in [2.05, 4.69) is 10.3 Å². The van der Waals surface area contributed by atoms with Gasteiger partial charge in [0.05, 0.1) is 18.8 Å². The van der Waals surface area contributed by atoms with Crippen molar-refractivity contribution in [3.63, 3.8) is 0 Å². The summed E-state index contributed by atoms with van der Waals surface area (Å²) in [5, 5.41) is 7.11. The van der Waals surface area contributed by atoms with Gasteiger partial charge in [-0.25, -0.2) is 4.79 Å². The maximum absolute atomic E-state index is 11.6. The molecule has 0 radical (unpaired) electrons. The molecule has 1 aromatic carbocycles. The number of benzene rings is 1. The lowest BCUT2D eigenvalue weighted by atomic mass is 9.98. The van der Waals surface area contributed by atoms with E-state index in [0.717, 1.165) is 10.4 Å². The van der Waals surface area contributed by atoms with E-state index >= 15 is 0 Å². The number of hydrogen-bond donors (Lipinski definition) is 0. The van der Waals surface area contributed by atoms with E-state index in [1.54, 1.807) is 0 Å². The Hall–Kier alpha value is -2.17. The molecule has 1 aromatic heterocycles. The van der Waals surface area contributed by atoms with Crippen molar-refractivity contribution in [2.24, 2.45) is 0 Å². The van der Waals surface area contributed by atoms with E-state index in [-0.39, 0.29) is 11.9 Å². The monoisotopic (exact) mass is 231 g/mol. The highest BCUT2D eigenvalue weighted by Crippen LogP contribution is 2.18. The zero-order valence-corrected chi connectivity index (χ0v) is 9.48. The molecular formula is C12H13N3O2. The zero-order chi connectivity index (χ0) is 12.1. The molecular weight excluding hydrogens is 218 g/mol. The predicted molar refractivity (Wildman–Crippen MR) is 61.1 cm³/mol. The minimum atomic E-state index is -0.327. The Morgan fingerprint density at radius 3 is 2.82 bits per heavy atom. The van der Waals surface area contributed by atoms with Crippen LogP contribution >= 0.6 is 0 Å². The van der Waals surface area contributed by atoms with Crippen molar-refractivity contribution < 1.29 is 9.63 Å². The molecule has 1 atom stereocenters. The quantitative estimate of drug-likeness (QED) is 0.747. The highest BCUT2D eigenvalue weighted by molar-refractivity contribution is 5.70. The first-order valence-electron chi connectivity index (χ1n) is 5.38. The molecule has 2 rings (SSSR count). The molecule has 5 heteroatoms. The number of nitrogens with zero attached hydrogens (tertiary/aromatic N) is 3. The molecule has 1 heterocycles. The lowest BCUT2D eigenvalue weighted by molar-refractivity contribution is -0.146. The Morgan fingerprint density at radius 1 is 1.41 bits per heavy atom. The summed E-state index contributed by atoms with van der Waals surface area (Å²) in [7, 11) is 0. The molecule has 88 valence electrons. The van der Waals surface area contributed by atoms with Crippen molar-refractivity contribution >= 4 is 5.97 Å². The summed E-state index contributed by atoms with van der Waals surface area (Å²) < 4.78 is 0. The summed E-state index contributed by atoms with van der Waals surface area (Å²) in [6, 6.07) is 9.84. The van der Waals surface area contributed by atoms with E-state index in [4.69, 9.17) is 4.84 Å². The van der Waals surface area contributed by atoms with Crippen LogP contribution in [0.2, 0.25) is 0 Å². The van der Waals surface area contributed by atoms with Gasteiger partial charge >= 0.3 is 5.97 Å². The second kappa shape index (κ2) is 5.25. The molecule has 0 saturated heterocycles. The molecule has 0 aliphatic heterocycles. The zero-order valence-electron chi connectivity index (χ0n) is 9.48. The normalized spacial score (nSPS) is 12.1. The van der Waals surface area contributed by atoms with Crippen LogP contribution in [0.4, 0.5) is 0 Å². The van der Waals surface area contributed by atoms with Crippen molar-refractivity contribution in [1.82, 2.24) is 15.2 Å². The fourth-order valence-corrected chi connectivity index (χ4v) is 1.54. The van der Waals surface area contributed by atoms with Crippen LogP contribution in [0.5, 0.6) is 0 Å². The smallest absolute Gasteiger partial charge is 0.318 e. The van der Waals surface area contributed by atoms with Gasteiger partial charge in [0, 0.05) is 0 Å². The van der Waals surface area contributed by atoms with Crippen molar-refractivity contribution in [2.75, 3.05) is 0 Å². The van der Waals surface area contributed by atoms with Crippen LogP contribution in [0, 0.1) is 0 Å². The second-order valence-corrected chi connectivity index (χ2v) is 3.78. The molecule has 0 N–H and O–H groups in total. The van der Waals surface area contributed by atoms with E-state index in [1.165, 1.54) is 12.4 Å². The van der Waals surface area contributed by atoms with Gasteiger partial charge in [0.15, 0.2) is 0 Å². The Balaban J connectivity index is 1.91. The standard InChI is InChI=1S/C12H13N3O2/c1-10(11-5-3-2-4-6-11)9-12(16)17-15-8-7-13-14-15/h2-8,10H,9H2,1H3. The molecule has 0 spiro atoms. The topological polar surface area (TPSA) is 57.0 Å². The maximum atomic E-state index is 11.6. The molecule has 0 bridgehead atoms. The SMILES string of the molecule is CC(CC(=O)On1ccnn1)c1ccccc1. The molecule has 0 saturated carbocycles. The molecule has 0 fully saturated rings. The fourth-order valence-electron chi connectivity index (χ4n) is 1.54. The third-order valence-electron chi connectivity index (χ3n) is 2.44. The summed E-state index contributed by atoms with van der Waals surface area (Å²) >= 11 is 0. The van der Waals surface area contributed by atoms with Crippen molar-refractivity contribution in [1.29, 1.82) is 0 Å². The maximum Gasteiger partial charge on any atom is 0.335 e. The molecule has 0 aliphatic carbocycles. The minimum Gasteiger partial charge on any atom is -0.318 e. The Morgan fingerprint density at radius 2 is 2.18 bits per heavy atom. The van der Waals surface area contributed by atoms with Gasteiger partial charge in [-0.2, -0.15) is 0 Å². The molecule has 2 aromatic rings. The third-order valence-corrected chi connectivity index (χ3v) is 2.44. The minimum absolute atomic E-state index is 0.118. The number of aromatic nitrogens is 3. The lowest BCUT2D eigenvalue weighted by Crippen LogP contribution is -2.21. The van der Waals surface area contributed by atoms with E-state index < -0.39 is 0 Å². The van der Waals surface area contributed by atoms with Crippen LogP contribution in [0.1, 0.15) is 24.8 Å². The van der Waals surface area contributed by atoms with Gasteiger partial charge in [0.2, 0.25) is 0 Å². The number of carbonyl (C=O) groups is 1. The molecule has 0 aliphatic rings. The van der Waals surface area contributed by atoms with Gasteiger partial charge in [-0.15, -0.1) is 5.10 Å². The summed E-state index contributed by atoms with van der Waals surface area (Å²) in [6.45, 7) is 1.98. The average Bonchev–Trinajstić information content (AvgIpc) is 2.82. The van der Waals surface area contributed by atoms with Crippen LogP contribution in [0.3, 0.4) is 0 Å². The molecule has 5 nitrogen and oxygen atoms in total. The number of hydrogen-bond acceptors (Lipinski definition) is 4. The Bertz CT molecular complexity index is 468. The van der Waals surface area contributed by atoms with Gasteiger partial charge in [-0.3, -0.25) is 0 Å². The summed E-state index contributed by atoms with van der Waals surface area (Å²) in [6.07, 6.45) is 3.24. The van der Waals surface area contributed by atoms with Crippen molar-refractivity contribution in [3.8, 4) is 0 Å². The molecule has 17 heavy (non-hydrogen) atoms. The first-order chi connectivity index (χ1) is 8.25. The van der Waals surface area contributed by atoms with E-state index in [9.17, 15) is 4.79 Å². The van der Waals surface area contributed by atoms with Crippen LogP contribution in [0.25, 0.3) is 0 Å². The Kier molecular flexibility index (Phi) is 3.49. The van der Waals surface area contributed by atoms with Crippen LogP contribution in [-0.2, 0) is 4.79 Å². The van der Waals surface area contributed by atoms with Gasteiger partial charge in [-0.1, -0.05) is 42.1 Å².